The average Bonchev–Trinajstić information content (AvgIpc) is 2.27. The zero-order valence-electron chi connectivity index (χ0n) is 9.24. The zero-order valence-corrected chi connectivity index (χ0v) is 11.6. The van der Waals surface area contributed by atoms with Crippen LogP contribution in [-0.2, 0) is 0 Å². The van der Waals surface area contributed by atoms with Crippen LogP contribution < -0.4 is 9.47 Å². The lowest BCUT2D eigenvalue weighted by atomic mass is 10.3. The molecule has 7 heteroatoms. The van der Waals surface area contributed by atoms with Gasteiger partial charge in [0.05, 0.1) is 13.3 Å². The summed E-state index contributed by atoms with van der Waals surface area (Å²) in [6.45, 7) is 0. The normalized spacial score (nSPS) is 10.2. The summed E-state index contributed by atoms with van der Waals surface area (Å²) in [5.74, 6) is 1.25. The molecule has 0 bridgehead atoms. The van der Waals surface area contributed by atoms with Crippen molar-refractivity contribution in [3.05, 3.63) is 39.2 Å². The van der Waals surface area contributed by atoms with Gasteiger partial charge in [0.2, 0.25) is 5.88 Å². The third-order valence-electron chi connectivity index (χ3n) is 2.02. The first-order valence-corrected chi connectivity index (χ1v) is 6.02. The van der Waals surface area contributed by atoms with Crippen molar-refractivity contribution in [1.29, 1.82) is 0 Å². The second-order valence-corrected chi connectivity index (χ2v) is 4.55. The van der Waals surface area contributed by atoms with Gasteiger partial charge in [0, 0.05) is 10.0 Å². The quantitative estimate of drug-likeness (QED) is 0.861. The number of halogens is 2. The molecule has 0 atom stereocenters. The van der Waals surface area contributed by atoms with E-state index in [1.54, 1.807) is 18.2 Å². The number of hydrogen-bond donors (Lipinski definition) is 1. The summed E-state index contributed by atoms with van der Waals surface area (Å²) in [6.07, 6.45) is 1.47. The van der Waals surface area contributed by atoms with Crippen molar-refractivity contribution < 1.29 is 9.47 Å². The third kappa shape index (κ3) is 3.13. The van der Waals surface area contributed by atoms with Crippen molar-refractivity contribution >= 4 is 35.4 Å². The first-order valence-electron chi connectivity index (χ1n) is 4.86. The molecule has 0 aliphatic rings. The van der Waals surface area contributed by atoms with Crippen LogP contribution >= 0.6 is 35.4 Å². The molecule has 0 saturated carbocycles. The number of hydrogen-bond acceptors (Lipinski definition) is 4. The van der Waals surface area contributed by atoms with E-state index in [-0.39, 0.29) is 0 Å². The highest BCUT2D eigenvalue weighted by molar-refractivity contribution is 7.71. The van der Waals surface area contributed by atoms with E-state index < -0.39 is 0 Å². The van der Waals surface area contributed by atoms with Crippen LogP contribution in [0.15, 0.2) is 24.4 Å². The highest BCUT2D eigenvalue weighted by atomic mass is 35.5. The van der Waals surface area contributed by atoms with E-state index in [1.807, 2.05) is 0 Å². The maximum absolute atomic E-state index is 5.88. The van der Waals surface area contributed by atoms with Crippen LogP contribution in [0.1, 0.15) is 0 Å². The van der Waals surface area contributed by atoms with Crippen molar-refractivity contribution in [2.45, 2.75) is 0 Å². The van der Waals surface area contributed by atoms with Gasteiger partial charge in [-0.3, -0.25) is 4.98 Å². The Morgan fingerprint density at radius 1 is 1.22 bits per heavy atom. The molecule has 1 aromatic carbocycles. The highest BCUT2D eigenvalue weighted by Gasteiger charge is 2.07. The Labute approximate surface area is 118 Å². The van der Waals surface area contributed by atoms with Gasteiger partial charge >= 0.3 is 0 Å². The second-order valence-electron chi connectivity index (χ2n) is 3.29. The molecule has 0 aliphatic heterocycles. The molecule has 94 valence electrons. The molecular formula is C11H8Cl2N2O2S. The van der Waals surface area contributed by atoms with Gasteiger partial charge in [-0.25, -0.2) is 4.98 Å². The van der Waals surface area contributed by atoms with Crippen molar-refractivity contribution in [2.24, 2.45) is 0 Å². The van der Waals surface area contributed by atoms with E-state index in [0.717, 1.165) is 0 Å². The number of nitrogens with zero attached hydrogens (tertiary/aromatic N) is 1. The van der Waals surface area contributed by atoms with Crippen LogP contribution in [0, 0.1) is 4.77 Å². The largest absolute Gasteiger partial charge is 0.490 e. The number of ether oxygens (including phenoxy) is 2. The summed E-state index contributed by atoms with van der Waals surface area (Å²) in [6, 6.07) is 4.87. The molecular weight excluding hydrogens is 295 g/mol. The monoisotopic (exact) mass is 302 g/mol. The Bertz CT molecular complexity index is 610. The molecule has 0 aliphatic carbocycles. The van der Waals surface area contributed by atoms with E-state index in [0.29, 0.717) is 32.2 Å². The van der Waals surface area contributed by atoms with Crippen LogP contribution in [0.25, 0.3) is 0 Å². The summed E-state index contributed by atoms with van der Waals surface area (Å²) in [5, 5.41) is 0.952. The van der Waals surface area contributed by atoms with Crippen molar-refractivity contribution in [3.63, 3.8) is 0 Å². The van der Waals surface area contributed by atoms with Crippen molar-refractivity contribution in [2.75, 3.05) is 7.11 Å². The predicted octanol–water partition coefficient (Wildman–Crippen LogP) is 4.25. The van der Waals surface area contributed by atoms with Crippen LogP contribution in [0.4, 0.5) is 0 Å². The summed E-state index contributed by atoms with van der Waals surface area (Å²) in [5.41, 5.74) is 0. The molecule has 18 heavy (non-hydrogen) atoms. The zero-order chi connectivity index (χ0) is 13.1. The van der Waals surface area contributed by atoms with Gasteiger partial charge in [0.25, 0.3) is 0 Å². The molecule has 2 aromatic rings. The summed E-state index contributed by atoms with van der Waals surface area (Å²) >= 11 is 16.7. The van der Waals surface area contributed by atoms with Crippen LogP contribution in [0.5, 0.6) is 17.4 Å². The molecule has 0 spiro atoms. The Morgan fingerprint density at radius 3 is 2.50 bits per heavy atom. The van der Waals surface area contributed by atoms with Gasteiger partial charge in [0.1, 0.15) is 5.75 Å². The van der Waals surface area contributed by atoms with E-state index in [4.69, 9.17) is 44.9 Å². The Morgan fingerprint density at radius 2 is 1.89 bits per heavy atom. The lowest BCUT2D eigenvalue weighted by Crippen LogP contribution is -1.95. The third-order valence-corrected chi connectivity index (χ3v) is 2.66. The molecule has 0 saturated heterocycles. The lowest BCUT2D eigenvalue weighted by Gasteiger charge is -2.09. The number of methoxy groups -OCH3 is 1. The summed E-state index contributed by atoms with van der Waals surface area (Å²) in [7, 11) is 1.51. The summed E-state index contributed by atoms with van der Waals surface area (Å²) in [4.78, 5) is 6.67. The minimum Gasteiger partial charge on any atom is -0.490 e. The molecule has 1 aromatic heterocycles. The van der Waals surface area contributed by atoms with Gasteiger partial charge in [-0.1, -0.05) is 23.2 Å². The number of aromatic amines is 1. The number of aromatic nitrogens is 2. The van der Waals surface area contributed by atoms with Gasteiger partial charge in [-0.05, 0) is 30.4 Å². The Balaban J connectivity index is 2.38. The van der Waals surface area contributed by atoms with Crippen LogP contribution in [0.3, 0.4) is 0 Å². The fourth-order valence-corrected chi connectivity index (χ4v) is 1.94. The fraction of sp³-hybridized carbons (Fsp3) is 0.0909. The summed E-state index contributed by atoms with van der Waals surface area (Å²) < 4.78 is 11.0. The van der Waals surface area contributed by atoms with Crippen LogP contribution in [-0.4, -0.2) is 17.1 Å². The van der Waals surface area contributed by atoms with Gasteiger partial charge < -0.3 is 9.47 Å². The topological polar surface area (TPSA) is 47.1 Å². The smallest absolute Gasteiger partial charge is 0.243 e. The van der Waals surface area contributed by atoms with Gasteiger partial charge in [-0.15, -0.1) is 0 Å². The van der Waals surface area contributed by atoms with E-state index in [1.165, 1.54) is 13.3 Å². The average molecular weight is 303 g/mol. The van der Waals surface area contributed by atoms with Gasteiger partial charge in [0.15, 0.2) is 10.5 Å². The first kappa shape index (κ1) is 13.1. The number of benzene rings is 1. The van der Waals surface area contributed by atoms with E-state index in [9.17, 15) is 0 Å². The SMILES string of the molecule is COc1cnc(=S)[nH]c1Oc1cc(Cl)cc(Cl)c1. The fourth-order valence-electron chi connectivity index (χ4n) is 1.29. The molecule has 2 rings (SSSR count). The second kappa shape index (κ2) is 5.56. The Hall–Kier alpha value is -1.30. The first-order chi connectivity index (χ1) is 8.58. The van der Waals surface area contributed by atoms with E-state index in [2.05, 4.69) is 9.97 Å². The Kier molecular flexibility index (Phi) is 4.06. The standard InChI is InChI=1S/C11H8Cl2N2O2S/c1-16-9-5-14-11(18)15-10(9)17-8-3-6(12)2-7(13)4-8/h2-5H,1H3,(H,14,15,18). The number of nitrogens with one attached hydrogen (secondary N) is 1. The molecule has 0 amide bonds. The number of H-pyrrole nitrogens is 1. The minimum atomic E-state index is 0.291. The molecule has 1 N–H and O–H groups in total. The molecule has 1 heterocycles. The van der Waals surface area contributed by atoms with Crippen LogP contribution in [0.2, 0.25) is 10.0 Å². The molecule has 4 nitrogen and oxygen atoms in total. The highest BCUT2D eigenvalue weighted by Crippen LogP contribution is 2.31. The van der Waals surface area contributed by atoms with E-state index >= 15 is 0 Å². The van der Waals surface area contributed by atoms with Crippen molar-refractivity contribution in [3.8, 4) is 17.4 Å². The lowest BCUT2D eigenvalue weighted by molar-refractivity contribution is 0.366. The molecule has 0 unspecified atom stereocenters. The molecule has 0 fully saturated rings. The van der Waals surface area contributed by atoms with Crippen molar-refractivity contribution in [1.82, 2.24) is 9.97 Å². The predicted molar refractivity (Wildman–Crippen MR) is 72.5 cm³/mol. The van der Waals surface area contributed by atoms with Gasteiger partial charge in [-0.2, -0.15) is 0 Å². The maximum atomic E-state index is 5.88. The number of rotatable bonds is 3. The molecule has 0 radical (unpaired) electrons. The maximum Gasteiger partial charge on any atom is 0.243 e. The minimum absolute atomic E-state index is 0.291.